The van der Waals surface area contributed by atoms with Gasteiger partial charge in [-0.1, -0.05) is 6.08 Å². The highest BCUT2D eigenvalue weighted by molar-refractivity contribution is 7.11. The molecular formula is C9H10N2S. The van der Waals surface area contributed by atoms with Gasteiger partial charge >= 0.3 is 0 Å². The minimum absolute atomic E-state index is 0.0829. The van der Waals surface area contributed by atoms with Crippen LogP contribution in [0.5, 0.6) is 0 Å². The molecule has 0 unspecified atom stereocenters. The van der Waals surface area contributed by atoms with Crippen molar-refractivity contribution < 1.29 is 0 Å². The Morgan fingerprint density at radius 3 is 3.08 bits per heavy atom. The Bertz CT molecular complexity index is 317. The van der Waals surface area contributed by atoms with Gasteiger partial charge in [-0.25, -0.2) is 4.98 Å². The van der Waals surface area contributed by atoms with Gasteiger partial charge in [0.25, 0.3) is 0 Å². The summed E-state index contributed by atoms with van der Waals surface area (Å²) >= 11 is 1.63. The van der Waals surface area contributed by atoms with Crippen LogP contribution in [0.15, 0.2) is 16.6 Å². The highest BCUT2D eigenvalue weighted by Gasteiger charge is 2.14. The Morgan fingerprint density at radius 1 is 1.42 bits per heavy atom. The van der Waals surface area contributed by atoms with Crippen molar-refractivity contribution in [1.82, 2.24) is 4.98 Å². The van der Waals surface area contributed by atoms with Crippen molar-refractivity contribution >= 4 is 23.6 Å². The molecule has 0 saturated carbocycles. The molecule has 0 fully saturated rings. The van der Waals surface area contributed by atoms with Gasteiger partial charge in [-0.2, -0.15) is 0 Å². The number of aliphatic imine (C=N–C) groups is 1. The van der Waals surface area contributed by atoms with Gasteiger partial charge in [0.15, 0.2) is 0 Å². The molecule has 0 radical (unpaired) electrons. The molecule has 0 bridgehead atoms. The topological polar surface area (TPSA) is 25.2 Å². The quantitative estimate of drug-likeness (QED) is 0.598. The van der Waals surface area contributed by atoms with Crippen LogP contribution in [0, 0.1) is 0 Å². The Hall–Kier alpha value is -0.960. The van der Waals surface area contributed by atoms with E-state index < -0.39 is 0 Å². The molecule has 0 amide bonds. The summed E-state index contributed by atoms with van der Waals surface area (Å²) in [5.74, 6) is 0. The maximum Gasteiger partial charge on any atom is 0.0825 e. The van der Waals surface area contributed by atoms with Crippen LogP contribution < -0.4 is 0 Å². The molecule has 0 N–H and O–H groups in total. The third-order valence-electron chi connectivity index (χ3n) is 1.79. The summed E-state index contributed by atoms with van der Waals surface area (Å²) in [5.41, 5.74) is 2.80. The average molecular weight is 178 g/mol. The molecule has 0 spiro atoms. The van der Waals surface area contributed by atoms with Crippen LogP contribution in [0.2, 0.25) is 0 Å². The molecule has 0 atom stereocenters. The minimum atomic E-state index is -0.0829. The molecule has 2 rings (SSSR count). The summed E-state index contributed by atoms with van der Waals surface area (Å²) in [6.45, 7) is 4.16. The smallest absolute Gasteiger partial charge is 0.0825 e. The van der Waals surface area contributed by atoms with Crippen LogP contribution in [-0.4, -0.2) is 16.7 Å². The molecule has 0 aromatic carbocycles. The zero-order valence-electron chi connectivity index (χ0n) is 7.11. The number of fused-ring (bicyclic) bond motifs is 1. The Kier molecular flexibility index (Phi) is 1.61. The summed E-state index contributed by atoms with van der Waals surface area (Å²) in [5, 5.41) is 0. The maximum atomic E-state index is 4.43. The van der Waals surface area contributed by atoms with Gasteiger partial charge in [-0.05, 0) is 19.9 Å². The summed E-state index contributed by atoms with van der Waals surface area (Å²) in [7, 11) is 0. The van der Waals surface area contributed by atoms with E-state index in [2.05, 4.69) is 29.9 Å². The SMILES string of the molecule is CC1(C)C=Cc2ncsc2C=N1. The van der Waals surface area contributed by atoms with Gasteiger partial charge < -0.3 is 0 Å². The van der Waals surface area contributed by atoms with Crippen molar-refractivity contribution in [3.8, 4) is 0 Å². The molecule has 1 aliphatic heterocycles. The van der Waals surface area contributed by atoms with E-state index in [-0.39, 0.29) is 5.54 Å². The van der Waals surface area contributed by atoms with E-state index in [1.165, 1.54) is 0 Å². The lowest BCUT2D eigenvalue weighted by atomic mass is 10.1. The highest BCUT2D eigenvalue weighted by Crippen LogP contribution is 2.21. The summed E-state index contributed by atoms with van der Waals surface area (Å²) in [6, 6.07) is 0. The van der Waals surface area contributed by atoms with Crippen LogP contribution in [0.3, 0.4) is 0 Å². The van der Waals surface area contributed by atoms with Crippen LogP contribution in [0.25, 0.3) is 6.08 Å². The predicted molar refractivity (Wildman–Crippen MR) is 52.8 cm³/mol. The zero-order valence-corrected chi connectivity index (χ0v) is 7.93. The Balaban J connectivity index is 2.49. The summed E-state index contributed by atoms with van der Waals surface area (Å²) in [4.78, 5) is 9.80. The number of hydrogen-bond donors (Lipinski definition) is 0. The second kappa shape index (κ2) is 2.52. The molecule has 12 heavy (non-hydrogen) atoms. The first-order valence-electron chi connectivity index (χ1n) is 3.85. The van der Waals surface area contributed by atoms with Crippen LogP contribution >= 0.6 is 11.3 Å². The molecule has 0 saturated heterocycles. The zero-order chi connectivity index (χ0) is 8.60. The first-order valence-corrected chi connectivity index (χ1v) is 4.73. The molecule has 2 heterocycles. The molecule has 62 valence electrons. The first-order chi connectivity index (χ1) is 5.67. The van der Waals surface area contributed by atoms with Crippen LogP contribution in [0.1, 0.15) is 24.4 Å². The molecular weight excluding hydrogens is 168 g/mol. The van der Waals surface area contributed by atoms with E-state index in [0.717, 1.165) is 10.6 Å². The van der Waals surface area contributed by atoms with Gasteiger partial charge in [-0.15, -0.1) is 11.3 Å². The van der Waals surface area contributed by atoms with Gasteiger partial charge in [0.2, 0.25) is 0 Å². The summed E-state index contributed by atoms with van der Waals surface area (Å²) in [6.07, 6.45) is 6.03. The van der Waals surface area contributed by atoms with E-state index >= 15 is 0 Å². The number of hydrogen-bond acceptors (Lipinski definition) is 3. The highest BCUT2D eigenvalue weighted by atomic mass is 32.1. The van der Waals surface area contributed by atoms with Gasteiger partial charge in [0.1, 0.15) is 0 Å². The lowest BCUT2D eigenvalue weighted by molar-refractivity contribution is 0.665. The van der Waals surface area contributed by atoms with E-state index in [4.69, 9.17) is 0 Å². The fraction of sp³-hybridized carbons (Fsp3) is 0.333. The molecule has 3 heteroatoms. The monoisotopic (exact) mass is 178 g/mol. The van der Waals surface area contributed by atoms with Crippen molar-refractivity contribution in [3.63, 3.8) is 0 Å². The number of rotatable bonds is 0. The predicted octanol–water partition coefficient (Wildman–Crippen LogP) is 2.37. The number of aromatic nitrogens is 1. The molecule has 1 aliphatic rings. The van der Waals surface area contributed by atoms with Gasteiger partial charge in [-0.3, -0.25) is 4.99 Å². The molecule has 1 aromatic rings. The Morgan fingerprint density at radius 2 is 2.25 bits per heavy atom. The van der Waals surface area contributed by atoms with Gasteiger partial charge in [0.05, 0.1) is 21.6 Å². The molecule has 0 aliphatic carbocycles. The standard InChI is InChI=1S/C9H10N2S/c1-9(2)4-3-7-8(5-11-9)12-6-10-7/h3-6H,1-2H3. The van der Waals surface area contributed by atoms with E-state index in [1.54, 1.807) is 11.3 Å². The van der Waals surface area contributed by atoms with Crippen molar-refractivity contribution in [2.45, 2.75) is 19.4 Å². The Labute approximate surface area is 75.7 Å². The van der Waals surface area contributed by atoms with Crippen LogP contribution in [-0.2, 0) is 0 Å². The number of nitrogens with zero attached hydrogens (tertiary/aromatic N) is 2. The third kappa shape index (κ3) is 1.32. The summed E-state index contributed by atoms with van der Waals surface area (Å²) < 4.78 is 0. The van der Waals surface area contributed by atoms with Crippen molar-refractivity contribution in [2.24, 2.45) is 4.99 Å². The lowest BCUT2D eigenvalue weighted by Crippen LogP contribution is -2.11. The minimum Gasteiger partial charge on any atom is -0.281 e. The van der Waals surface area contributed by atoms with E-state index in [0.29, 0.717) is 0 Å². The fourth-order valence-electron chi connectivity index (χ4n) is 1.04. The molecule has 1 aromatic heterocycles. The average Bonchev–Trinajstić information content (AvgIpc) is 2.40. The second-order valence-electron chi connectivity index (χ2n) is 3.35. The molecule has 2 nitrogen and oxygen atoms in total. The third-order valence-corrected chi connectivity index (χ3v) is 2.57. The van der Waals surface area contributed by atoms with E-state index in [9.17, 15) is 0 Å². The second-order valence-corrected chi connectivity index (χ2v) is 4.23. The van der Waals surface area contributed by atoms with E-state index in [1.807, 2.05) is 17.8 Å². The first kappa shape index (κ1) is 7.68. The largest absolute Gasteiger partial charge is 0.281 e. The number of thiazole rings is 1. The van der Waals surface area contributed by atoms with Gasteiger partial charge in [0, 0.05) is 6.21 Å². The lowest BCUT2D eigenvalue weighted by Gasteiger charge is -2.11. The fourth-order valence-corrected chi connectivity index (χ4v) is 1.67. The van der Waals surface area contributed by atoms with Crippen molar-refractivity contribution in [1.29, 1.82) is 0 Å². The van der Waals surface area contributed by atoms with Crippen molar-refractivity contribution in [3.05, 3.63) is 22.2 Å². The normalized spacial score (nSPS) is 18.8. The van der Waals surface area contributed by atoms with Crippen LogP contribution in [0.4, 0.5) is 0 Å². The maximum absolute atomic E-state index is 4.43. The van der Waals surface area contributed by atoms with Crippen molar-refractivity contribution in [2.75, 3.05) is 0 Å².